The van der Waals surface area contributed by atoms with E-state index >= 15 is 0 Å². The van der Waals surface area contributed by atoms with E-state index in [9.17, 15) is 18.0 Å². The van der Waals surface area contributed by atoms with Crippen LogP contribution in [0.4, 0.5) is 5.69 Å². The fourth-order valence-electron chi connectivity index (χ4n) is 4.26. The number of halogens is 1. The Morgan fingerprint density at radius 3 is 2.13 bits per heavy atom. The fraction of sp³-hybridized carbons (Fsp3) is 0.333. The number of sulfonamides is 1. The summed E-state index contributed by atoms with van der Waals surface area (Å²) < 4.78 is 27.4. The topological polar surface area (TPSA) is 86.8 Å². The van der Waals surface area contributed by atoms with Crippen molar-refractivity contribution in [2.75, 3.05) is 17.1 Å². The maximum atomic E-state index is 14.1. The van der Waals surface area contributed by atoms with Gasteiger partial charge >= 0.3 is 0 Å². The smallest absolute Gasteiger partial charge is 0.244 e. The third-order valence-electron chi connectivity index (χ3n) is 6.01. The molecule has 0 aliphatic carbocycles. The molecule has 0 radical (unpaired) electrons. The zero-order chi connectivity index (χ0) is 28.8. The van der Waals surface area contributed by atoms with Gasteiger partial charge in [0, 0.05) is 23.0 Å². The number of hydrogen-bond acceptors (Lipinski definition) is 4. The highest BCUT2D eigenvalue weighted by Gasteiger charge is 2.34. The van der Waals surface area contributed by atoms with Crippen LogP contribution in [-0.2, 0) is 32.6 Å². The second kappa shape index (κ2) is 12.8. The first-order valence-corrected chi connectivity index (χ1v) is 15.3. The van der Waals surface area contributed by atoms with E-state index in [0.717, 1.165) is 27.3 Å². The number of amides is 2. The van der Waals surface area contributed by atoms with Crippen LogP contribution in [0.5, 0.6) is 0 Å². The summed E-state index contributed by atoms with van der Waals surface area (Å²) in [6.45, 7) is 7.30. The average molecular weight is 615 g/mol. The molecule has 0 saturated heterocycles. The molecule has 1 atom stereocenters. The number of rotatable bonds is 10. The zero-order valence-electron chi connectivity index (χ0n) is 23.0. The van der Waals surface area contributed by atoms with Crippen LogP contribution in [0.15, 0.2) is 83.3 Å². The predicted octanol–water partition coefficient (Wildman–Crippen LogP) is 5.08. The van der Waals surface area contributed by atoms with Crippen molar-refractivity contribution < 1.29 is 18.0 Å². The molecule has 3 rings (SSSR count). The molecule has 0 spiro atoms. The Kier molecular flexibility index (Phi) is 9.96. The van der Waals surface area contributed by atoms with Gasteiger partial charge in [0.2, 0.25) is 21.8 Å². The molecule has 0 aromatic heterocycles. The van der Waals surface area contributed by atoms with Crippen molar-refractivity contribution in [2.45, 2.75) is 52.2 Å². The van der Waals surface area contributed by atoms with Crippen LogP contribution < -0.4 is 9.62 Å². The maximum Gasteiger partial charge on any atom is 0.244 e. The number of carbonyl (C=O) groups excluding carboxylic acids is 2. The molecule has 0 fully saturated rings. The van der Waals surface area contributed by atoms with Crippen molar-refractivity contribution in [2.24, 2.45) is 0 Å². The summed E-state index contributed by atoms with van der Waals surface area (Å²) in [5.41, 5.74) is 2.57. The molecule has 0 heterocycles. The lowest BCUT2D eigenvalue weighted by Gasteiger charge is -2.35. The van der Waals surface area contributed by atoms with E-state index in [1.54, 1.807) is 24.3 Å². The molecule has 0 saturated carbocycles. The molecule has 7 nitrogen and oxygen atoms in total. The first-order valence-electron chi connectivity index (χ1n) is 12.7. The molecule has 0 aliphatic heterocycles. The summed E-state index contributed by atoms with van der Waals surface area (Å²) in [4.78, 5) is 29.3. The highest BCUT2D eigenvalue weighted by Crippen LogP contribution is 2.28. The largest absolute Gasteiger partial charge is 0.350 e. The van der Waals surface area contributed by atoms with E-state index in [1.165, 1.54) is 4.90 Å². The molecule has 1 unspecified atom stereocenters. The lowest BCUT2D eigenvalue weighted by molar-refractivity contribution is -0.140. The van der Waals surface area contributed by atoms with Crippen LogP contribution in [-0.4, -0.2) is 49.5 Å². The highest BCUT2D eigenvalue weighted by atomic mass is 79.9. The number of carbonyl (C=O) groups is 2. The van der Waals surface area contributed by atoms with Gasteiger partial charge in [-0.05, 0) is 66.9 Å². The molecule has 2 amide bonds. The minimum atomic E-state index is -3.83. The van der Waals surface area contributed by atoms with Crippen LogP contribution >= 0.6 is 15.9 Å². The lowest BCUT2D eigenvalue weighted by Crippen LogP contribution is -2.56. The second-order valence-corrected chi connectivity index (χ2v) is 13.4. The number of benzene rings is 3. The van der Waals surface area contributed by atoms with Crippen LogP contribution in [0.25, 0.3) is 0 Å². The monoisotopic (exact) mass is 613 g/mol. The summed E-state index contributed by atoms with van der Waals surface area (Å²) in [6.07, 6.45) is 1.34. The zero-order valence-corrected chi connectivity index (χ0v) is 25.4. The van der Waals surface area contributed by atoms with E-state index in [4.69, 9.17) is 0 Å². The molecular formula is C30H36BrN3O4S. The first-order chi connectivity index (χ1) is 18.2. The van der Waals surface area contributed by atoms with Gasteiger partial charge in [-0.15, -0.1) is 0 Å². The second-order valence-electron chi connectivity index (χ2n) is 10.7. The maximum absolute atomic E-state index is 14.1. The van der Waals surface area contributed by atoms with Gasteiger partial charge in [0.05, 0.1) is 11.9 Å². The van der Waals surface area contributed by atoms with E-state index in [2.05, 4.69) is 21.2 Å². The summed E-state index contributed by atoms with van der Waals surface area (Å²) in [6, 6.07) is 23.2. The van der Waals surface area contributed by atoms with Crippen molar-refractivity contribution in [3.05, 3.63) is 100 Å². The Morgan fingerprint density at radius 1 is 0.923 bits per heavy atom. The van der Waals surface area contributed by atoms with Gasteiger partial charge in [0.1, 0.15) is 12.6 Å². The molecule has 9 heteroatoms. The normalized spacial score (nSPS) is 12.5. The van der Waals surface area contributed by atoms with E-state index in [-0.39, 0.29) is 18.9 Å². The predicted molar refractivity (Wildman–Crippen MR) is 160 cm³/mol. The standard InChI is InChI=1S/C30H36BrN3O4S/c1-22-12-11-15-24(18-22)20-33(27(29(36)32-30(2,3)4)19-23-13-7-6-8-14-23)28(35)21-34(39(5,37)38)26-17-10-9-16-25(26)31/h6-18,27H,19-21H2,1-5H3,(H,32,36). The average Bonchev–Trinajstić information content (AvgIpc) is 2.84. The third kappa shape index (κ3) is 8.93. The molecule has 1 N–H and O–H groups in total. The number of nitrogens with one attached hydrogen (secondary N) is 1. The van der Waals surface area contributed by atoms with Gasteiger partial charge in [0.25, 0.3) is 0 Å². The Morgan fingerprint density at radius 2 is 1.54 bits per heavy atom. The van der Waals surface area contributed by atoms with Gasteiger partial charge < -0.3 is 10.2 Å². The third-order valence-corrected chi connectivity index (χ3v) is 7.80. The van der Waals surface area contributed by atoms with Gasteiger partial charge in [-0.1, -0.05) is 72.3 Å². The van der Waals surface area contributed by atoms with Crippen molar-refractivity contribution >= 4 is 43.5 Å². The molecule has 39 heavy (non-hydrogen) atoms. The number of nitrogens with zero attached hydrogens (tertiary/aromatic N) is 2. The minimum Gasteiger partial charge on any atom is -0.350 e. The molecule has 3 aromatic rings. The van der Waals surface area contributed by atoms with Crippen molar-refractivity contribution in [1.29, 1.82) is 0 Å². The SMILES string of the molecule is Cc1cccc(CN(C(=O)CN(c2ccccc2Br)S(C)(=O)=O)C(Cc2ccccc2)C(=O)NC(C)(C)C)c1. The number of para-hydroxylation sites is 1. The number of anilines is 1. The highest BCUT2D eigenvalue weighted by molar-refractivity contribution is 9.10. The van der Waals surface area contributed by atoms with Gasteiger partial charge in [-0.25, -0.2) is 8.42 Å². The van der Waals surface area contributed by atoms with Crippen molar-refractivity contribution in [3.8, 4) is 0 Å². The van der Waals surface area contributed by atoms with Crippen molar-refractivity contribution in [3.63, 3.8) is 0 Å². The van der Waals surface area contributed by atoms with E-state index in [0.29, 0.717) is 10.2 Å². The Balaban J connectivity index is 2.09. The molecule has 0 aliphatic rings. The fourth-order valence-corrected chi connectivity index (χ4v) is 5.74. The van der Waals surface area contributed by atoms with Crippen LogP contribution in [0.1, 0.15) is 37.5 Å². The molecule has 3 aromatic carbocycles. The quantitative estimate of drug-likeness (QED) is 0.345. The van der Waals surface area contributed by atoms with Gasteiger partial charge in [-0.2, -0.15) is 0 Å². The van der Waals surface area contributed by atoms with Gasteiger partial charge in [0.15, 0.2) is 0 Å². The summed E-state index contributed by atoms with van der Waals surface area (Å²) in [5, 5.41) is 3.02. The Labute approximate surface area is 240 Å². The van der Waals surface area contributed by atoms with Crippen LogP contribution in [0.3, 0.4) is 0 Å². The Bertz CT molecular complexity index is 1400. The lowest BCUT2D eigenvalue weighted by atomic mass is 10.0. The summed E-state index contributed by atoms with van der Waals surface area (Å²) in [5.74, 6) is -0.790. The summed E-state index contributed by atoms with van der Waals surface area (Å²) >= 11 is 3.41. The molecule has 208 valence electrons. The van der Waals surface area contributed by atoms with Crippen molar-refractivity contribution in [1.82, 2.24) is 10.2 Å². The van der Waals surface area contributed by atoms with Gasteiger partial charge in [-0.3, -0.25) is 13.9 Å². The van der Waals surface area contributed by atoms with E-state index < -0.39 is 34.1 Å². The number of aryl methyl sites for hydroxylation is 1. The molecular weight excluding hydrogens is 578 g/mol. The minimum absolute atomic E-state index is 0.142. The summed E-state index contributed by atoms with van der Waals surface area (Å²) in [7, 11) is -3.83. The molecule has 0 bridgehead atoms. The Hall–Kier alpha value is -3.17. The van der Waals surface area contributed by atoms with E-state index in [1.807, 2.05) is 82.3 Å². The number of hydrogen-bond donors (Lipinski definition) is 1. The first kappa shape index (κ1) is 30.4. The van der Waals surface area contributed by atoms with Crippen LogP contribution in [0, 0.1) is 6.92 Å². The van der Waals surface area contributed by atoms with Crippen LogP contribution in [0.2, 0.25) is 0 Å².